The maximum Gasteiger partial charge on any atom is 0.428 e. The number of hydrazine groups is 1. The zero-order valence-electron chi connectivity index (χ0n) is 21.5. The van der Waals surface area contributed by atoms with E-state index < -0.39 is 29.4 Å². The predicted molar refractivity (Wildman–Crippen MR) is 137 cm³/mol. The lowest BCUT2D eigenvalue weighted by Gasteiger charge is -2.40. The van der Waals surface area contributed by atoms with Crippen molar-refractivity contribution in [3.05, 3.63) is 30.3 Å². The van der Waals surface area contributed by atoms with E-state index >= 15 is 0 Å². The topological polar surface area (TPSA) is 117 Å². The molecule has 3 rings (SSSR count). The third kappa shape index (κ3) is 7.06. The molecular weight excluding hydrogens is 460 g/mol. The summed E-state index contributed by atoms with van der Waals surface area (Å²) in [6.07, 6.45) is 8.64. The van der Waals surface area contributed by atoms with Crippen LogP contribution in [0.25, 0.3) is 0 Å². The van der Waals surface area contributed by atoms with Gasteiger partial charge in [0.2, 0.25) is 11.7 Å². The number of hydrogen-bond donors (Lipinski definition) is 3. The molecule has 2 aliphatic carbocycles. The lowest BCUT2D eigenvalue weighted by molar-refractivity contribution is -0.141. The number of ketones is 1. The van der Waals surface area contributed by atoms with E-state index in [0.717, 1.165) is 51.4 Å². The van der Waals surface area contributed by atoms with Crippen molar-refractivity contribution < 1.29 is 23.9 Å². The molecule has 0 spiro atoms. The van der Waals surface area contributed by atoms with Gasteiger partial charge in [0.05, 0.1) is 18.8 Å². The highest BCUT2D eigenvalue weighted by molar-refractivity contribution is 6.38. The number of Topliss-reactive ketones (excluding diaryl/α,β-unsaturated/α-hetero) is 1. The minimum Gasteiger partial charge on any atom is -0.452 e. The maximum atomic E-state index is 13.8. The average molecular weight is 501 g/mol. The van der Waals surface area contributed by atoms with Crippen molar-refractivity contribution >= 4 is 29.4 Å². The van der Waals surface area contributed by atoms with Crippen LogP contribution in [-0.4, -0.2) is 48.4 Å². The summed E-state index contributed by atoms with van der Waals surface area (Å²) >= 11 is 0. The molecule has 0 heterocycles. The van der Waals surface area contributed by atoms with Crippen molar-refractivity contribution in [2.75, 3.05) is 12.1 Å². The van der Waals surface area contributed by atoms with E-state index in [0.29, 0.717) is 31.4 Å². The van der Waals surface area contributed by atoms with Crippen molar-refractivity contribution in [2.24, 2.45) is 0 Å². The smallest absolute Gasteiger partial charge is 0.428 e. The Hall–Kier alpha value is -2.94. The molecule has 198 valence electrons. The van der Waals surface area contributed by atoms with Gasteiger partial charge in [-0.05, 0) is 44.2 Å². The zero-order valence-corrected chi connectivity index (χ0v) is 21.5. The molecule has 2 saturated carbocycles. The summed E-state index contributed by atoms with van der Waals surface area (Å²) in [7, 11) is 1.29. The molecule has 1 atom stereocenters. The Morgan fingerprint density at radius 3 is 2.31 bits per heavy atom. The number of methoxy groups -OCH3 is 1. The SMILES string of the molecule is CCCC[C@H](NC(=O)C1(NN(C(=O)OC)c2ccccc2)CCCCC1)C(=O)C(=O)NC1CCCC1. The fourth-order valence-electron chi connectivity index (χ4n) is 5.10. The molecule has 2 aliphatic rings. The van der Waals surface area contributed by atoms with Gasteiger partial charge < -0.3 is 15.4 Å². The van der Waals surface area contributed by atoms with Gasteiger partial charge in [-0.2, -0.15) is 0 Å². The Morgan fingerprint density at radius 2 is 1.69 bits per heavy atom. The van der Waals surface area contributed by atoms with Crippen molar-refractivity contribution in [2.45, 2.75) is 102 Å². The van der Waals surface area contributed by atoms with E-state index in [2.05, 4.69) is 16.1 Å². The lowest BCUT2D eigenvalue weighted by atomic mass is 9.81. The third-order valence-corrected chi connectivity index (χ3v) is 7.22. The van der Waals surface area contributed by atoms with Gasteiger partial charge in [0.15, 0.2) is 0 Å². The van der Waals surface area contributed by atoms with Crippen molar-refractivity contribution in [3.8, 4) is 0 Å². The van der Waals surface area contributed by atoms with Gasteiger partial charge >= 0.3 is 6.09 Å². The minimum absolute atomic E-state index is 0.0230. The van der Waals surface area contributed by atoms with Crippen LogP contribution in [0.3, 0.4) is 0 Å². The van der Waals surface area contributed by atoms with Gasteiger partial charge in [-0.1, -0.05) is 70.1 Å². The average Bonchev–Trinajstić information content (AvgIpc) is 3.42. The number of amides is 3. The van der Waals surface area contributed by atoms with Crippen LogP contribution in [0.1, 0.15) is 84.0 Å². The van der Waals surface area contributed by atoms with Crippen LogP contribution in [0, 0.1) is 0 Å². The van der Waals surface area contributed by atoms with Crippen LogP contribution in [0.5, 0.6) is 0 Å². The number of benzene rings is 1. The summed E-state index contributed by atoms with van der Waals surface area (Å²) in [6.45, 7) is 2.00. The summed E-state index contributed by atoms with van der Waals surface area (Å²) < 4.78 is 4.99. The first-order valence-corrected chi connectivity index (χ1v) is 13.3. The number of para-hydroxylation sites is 1. The van der Waals surface area contributed by atoms with Crippen LogP contribution < -0.4 is 21.1 Å². The second-order valence-corrected chi connectivity index (χ2v) is 9.88. The summed E-state index contributed by atoms with van der Waals surface area (Å²) in [5.41, 5.74) is 2.58. The van der Waals surface area contributed by atoms with E-state index in [9.17, 15) is 19.2 Å². The molecule has 0 bridgehead atoms. The van der Waals surface area contributed by atoms with Crippen LogP contribution in [0.4, 0.5) is 10.5 Å². The van der Waals surface area contributed by atoms with Crippen molar-refractivity contribution in [1.29, 1.82) is 0 Å². The van der Waals surface area contributed by atoms with Crippen LogP contribution in [0.2, 0.25) is 0 Å². The highest BCUT2D eigenvalue weighted by Gasteiger charge is 2.44. The molecule has 1 aromatic carbocycles. The van der Waals surface area contributed by atoms with E-state index in [1.54, 1.807) is 24.3 Å². The second kappa shape index (κ2) is 13.4. The number of nitrogens with zero attached hydrogens (tertiary/aromatic N) is 1. The summed E-state index contributed by atoms with van der Waals surface area (Å²) in [5, 5.41) is 6.99. The molecule has 36 heavy (non-hydrogen) atoms. The standard InChI is InChI=1S/C27H40N4O5/c1-3-4-17-22(23(32)24(33)28-20-13-9-10-14-20)29-25(34)27(18-11-6-12-19-27)30-31(26(35)36-2)21-15-7-5-8-16-21/h5,7-8,15-16,20,22,30H,3-4,6,9-14,17-19H2,1-2H3,(H,28,33)(H,29,34)/t22-/m0/s1. The molecule has 0 aromatic heterocycles. The van der Waals surface area contributed by atoms with Crippen LogP contribution in [0.15, 0.2) is 30.3 Å². The Bertz CT molecular complexity index is 895. The summed E-state index contributed by atoms with van der Waals surface area (Å²) in [5.74, 6) is -1.62. The highest BCUT2D eigenvalue weighted by atomic mass is 16.5. The molecule has 9 heteroatoms. The maximum absolute atomic E-state index is 13.8. The third-order valence-electron chi connectivity index (χ3n) is 7.22. The first kappa shape index (κ1) is 27.6. The quantitative estimate of drug-likeness (QED) is 0.315. The van der Waals surface area contributed by atoms with Gasteiger partial charge in [-0.25, -0.2) is 15.2 Å². The van der Waals surface area contributed by atoms with E-state index in [-0.39, 0.29) is 11.9 Å². The number of unbranched alkanes of at least 4 members (excludes halogenated alkanes) is 1. The number of anilines is 1. The van der Waals surface area contributed by atoms with Gasteiger partial charge in [-0.15, -0.1) is 0 Å². The zero-order chi connectivity index (χ0) is 26.0. The first-order chi connectivity index (χ1) is 17.4. The molecule has 1 aromatic rings. The van der Waals surface area contributed by atoms with Gasteiger partial charge in [0.25, 0.3) is 5.91 Å². The second-order valence-electron chi connectivity index (χ2n) is 9.88. The summed E-state index contributed by atoms with van der Waals surface area (Å²) in [6, 6.07) is 8.03. The molecule has 0 radical (unpaired) electrons. The number of carbonyl (C=O) groups excluding carboxylic acids is 4. The number of hydrogen-bond acceptors (Lipinski definition) is 6. The predicted octanol–water partition coefficient (Wildman–Crippen LogP) is 3.77. The van der Waals surface area contributed by atoms with E-state index in [1.807, 2.05) is 13.0 Å². The normalized spacial score (nSPS) is 18.2. The first-order valence-electron chi connectivity index (χ1n) is 13.3. The fourth-order valence-corrected chi connectivity index (χ4v) is 5.10. The van der Waals surface area contributed by atoms with E-state index in [4.69, 9.17) is 4.74 Å². The fraction of sp³-hybridized carbons (Fsp3) is 0.630. The van der Waals surface area contributed by atoms with Gasteiger partial charge in [0.1, 0.15) is 5.54 Å². The van der Waals surface area contributed by atoms with Crippen molar-refractivity contribution in [1.82, 2.24) is 16.1 Å². The number of rotatable bonds is 11. The number of carbonyl (C=O) groups is 4. The molecule has 3 amide bonds. The molecular formula is C27H40N4O5. The van der Waals surface area contributed by atoms with Gasteiger partial charge in [0, 0.05) is 6.04 Å². The molecule has 0 unspecified atom stereocenters. The Balaban J connectivity index is 1.80. The Labute approximate surface area is 213 Å². The Morgan fingerprint density at radius 1 is 1.03 bits per heavy atom. The van der Waals surface area contributed by atoms with Gasteiger partial charge in [-0.3, -0.25) is 14.4 Å². The molecule has 0 saturated heterocycles. The Kier molecular flexibility index (Phi) is 10.3. The molecule has 3 N–H and O–H groups in total. The molecule has 2 fully saturated rings. The number of ether oxygens (including phenoxy) is 1. The monoisotopic (exact) mass is 500 g/mol. The van der Waals surface area contributed by atoms with Crippen LogP contribution in [-0.2, 0) is 19.1 Å². The van der Waals surface area contributed by atoms with Crippen molar-refractivity contribution in [3.63, 3.8) is 0 Å². The molecule has 9 nitrogen and oxygen atoms in total. The molecule has 0 aliphatic heterocycles. The lowest BCUT2D eigenvalue weighted by Crippen LogP contribution is -2.66. The highest BCUT2D eigenvalue weighted by Crippen LogP contribution is 2.30. The largest absolute Gasteiger partial charge is 0.452 e. The van der Waals surface area contributed by atoms with Crippen LogP contribution >= 0.6 is 0 Å². The summed E-state index contributed by atoms with van der Waals surface area (Å²) in [4.78, 5) is 52.3. The van der Waals surface area contributed by atoms with E-state index in [1.165, 1.54) is 12.1 Å². The number of nitrogens with one attached hydrogen (secondary N) is 3. The minimum atomic E-state index is -1.12.